The highest BCUT2D eigenvalue weighted by Gasteiger charge is 2.25. The van der Waals surface area contributed by atoms with Crippen molar-refractivity contribution in [1.29, 1.82) is 0 Å². The van der Waals surface area contributed by atoms with Crippen molar-refractivity contribution in [3.63, 3.8) is 0 Å². The first kappa shape index (κ1) is 16.1. The van der Waals surface area contributed by atoms with Gasteiger partial charge in [0.05, 0.1) is 23.3 Å². The van der Waals surface area contributed by atoms with E-state index in [1.165, 1.54) is 18.5 Å². The number of hydrogen-bond donors (Lipinski definition) is 2. The van der Waals surface area contributed by atoms with Crippen LogP contribution in [0.3, 0.4) is 0 Å². The number of aromatic amines is 1. The Morgan fingerprint density at radius 3 is 2.81 bits per heavy atom. The van der Waals surface area contributed by atoms with E-state index in [-0.39, 0.29) is 23.7 Å². The Bertz CT molecular complexity index is 1200. The van der Waals surface area contributed by atoms with Gasteiger partial charge in [0, 0.05) is 12.1 Å². The van der Waals surface area contributed by atoms with Gasteiger partial charge in [0.2, 0.25) is 5.95 Å². The van der Waals surface area contributed by atoms with Crippen LogP contribution in [0.4, 0.5) is 4.39 Å². The molecule has 0 aliphatic heterocycles. The van der Waals surface area contributed by atoms with Gasteiger partial charge in [0.25, 0.3) is 0 Å². The Kier molecular flexibility index (Phi) is 3.57. The number of nitrogens with zero attached hydrogens (tertiary/aromatic N) is 5. The zero-order chi connectivity index (χ0) is 18.5. The van der Waals surface area contributed by atoms with Crippen LogP contribution in [-0.4, -0.2) is 40.3 Å². The number of aromatic nitrogens is 6. The van der Waals surface area contributed by atoms with Crippen LogP contribution < -0.4 is 5.69 Å². The number of imidazole rings is 2. The molecule has 1 fully saturated rings. The second-order valence-electron chi connectivity index (χ2n) is 6.92. The normalized spacial score (nSPS) is 20.5. The highest BCUT2D eigenvalue weighted by atomic mass is 19.1. The van der Waals surface area contributed by atoms with E-state index >= 15 is 0 Å². The fourth-order valence-electron chi connectivity index (χ4n) is 3.82. The summed E-state index contributed by atoms with van der Waals surface area (Å²) in [5, 5.41) is 9.74. The fraction of sp³-hybridized carbons (Fsp3) is 0.333. The van der Waals surface area contributed by atoms with Gasteiger partial charge in [-0.15, -0.1) is 0 Å². The first-order chi connectivity index (χ1) is 13.1. The van der Waals surface area contributed by atoms with E-state index < -0.39 is 0 Å². The molecule has 3 heterocycles. The van der Waals surface area contributed by atoms with Crippen LogP contribution >= 0.6 is 0 Å². The van der Waals surface area contributed by atoms with E-state index in [1.807, 2.05) is 0 Å². The van der Waals surface area contributed by atoms with Crippen molar-refractivity contribution in [2.45, 2.75) is 37.8 Å². The molecule has 0 saturated heterocycles. The third-order valence-corrected chi connectivity index (χ3v) is 5.20. The maximum Gasteiger partial charge on any atom is 0.327 e. The number of aliphatic hydroxyl groups is 1. The summed E-state index contributed by atoms with van der Waals surface area (Å²) in [5.74, 6) is -0.0520. The van der Waals surface area contributed by atoms with E-state index in [9.17, 15) is 14.3 Å². The Balaban J connectivity index is 1.65. The zero-order valence-corrected chi connectivity index (χ0v) is 14.3. The van der Waals surface area contributed by atoms with Gasteiger partial charge in [-0.25, -0.2) is 19.2 Å². The van der Waals surface area contributed by atoms with Crippen LogP contribution in [0.25, 0.3) is 28.1 Å². The molecule has 1 aliphatic rings. The minimum atomic E-state index is -0.371. The quantitative estimate of drug-likeness (QED) is 0.564. The van der Waals surface area contributed by atoms with Gasteiger partial charge in [-0.05, 0) is 37.8 Å². The molecule has 27 heavy (non-hydrogen) atoms. The van der Waals surface area contributed by atoms with Crippen molar-refractivity contribution >= 4 is 22.2 Å². The fourth-order valence-corrected chi connectivity index (χ4v) is 3.82. The van der Waals surface area contributed by atoms with Crippen molar-refractivity contribution in [1.82, 2.24) is 29.1 Å². The summed E-state index contributed by atoms with van der Waals surface area (Å²) < 4.78 is 16.9. The van der Waals surface area contributed by atoms with Gasteiger partial charge in [-0.2, -0.15) is 4.98 Å². The highest BCUT2D eigenvalue weighted by molar-refractivity contribution is 5.77. The average Bonchev–Trinajstić information content (AvgIpc) is 3.22. The van der Waals surface area contributed by atoms with Gasteiger partial charge in [0.1, 0.15) is 17.7 Å². The Labute approximate surface area is 152 Å². The number of benzene rings is 1. The minimum Gasteiger partial charge on any atom is -0.393 e. The van der Waals surface area contributed by atoms with Crippen molar-refractivity contribution in [2.75, 3.05) is 0 Å². The third-order valence-electron chi connectivity index (χ3n) is 5.20. The lowest BCUT2D eigenvalue weighted by molar-refractivity contribution is 0.111. The first-order valence-electron chi connectivity index (χ1n) is 8.88. The summed E-state index contributed by atoms with van der Waals surface area (Å²) in [5.41, 5.74) is 2.00. The molecule has 2 N–H and O–H groups in total. The zero-order valence-electron chi connectivity index (χ0n) is 14.3. The van der Waals surface area contributed by atoms with E-state index in [0.717, 1.165) is 0 Å². The maximum atomic E-state index is 13.7. The highest BCUT2D eigenvalue weighted by Crippen LogP contribution is 2.29. The average molecular weight is 368 g/mol. The van der Waals surface area contributed by atoms with Crippen LogP contribution in [0.15, 0.2) is 35.5 Å². The smallest absolute Gasteiger partial charge is 0.327 e. The largest absolute Gasteiger partial charge is 0.393 e. The summed E-state index contributed by atoms with van der Waals surface area (Å²) in [4.78, 5) is 28.4. The second-order valence-corrected chi connectivity index (χ2v) is 6.92. The molecule has 0 bridgehead atoms. The number of nitrogens with one attached hydrogen (secondary N) is 1. The third kappa shape index (κ3) is 2.62. The lowest BCUT2D eigenvalue weighted by atomic mass is 9.93. The van der Waals surface area contributed by atoms with Gasteiger partial charge >= 0.3 is 5.69 Å². The SMILES string of the molecule is O=c1[nH]c2cnc(-n3cnc4ccc(F)cc43)nc2n1[C@H]1CC[C@H](O)CC1. The van der Waals surface area contributed by atoms with Gasteiger partial charge in [-0.3, -0.25) is 9.13 Å². The topological polar surface area (TPSA) is 102 Å². The van der Waals surface area contributed by atoms with Crippen molar-refractivity contribution in [3.05, 3.63) is 47.0 Å². The van der Waals surface area contributed by atoms with Crippen molar-refractivity contribution < 1.29 is 9.50 Å². The summed E-state index contributed by atoms with van der Waals surface area (Å²) in [7, 11) is 0. The van der Waals surface area contributed by atoms with Crippen LogP contribution in [0.5, 0.6) is 0 Å². The molecule has 138 valence electrons. The number of halogens is 1. The molecular formula is C18H17FN6O2. The molecule has 9 heteroatoms. The van der Waals surface area contributed by atoms with Gasteiger partial charge in [-0.1, -0.05) is 0 Å². The molecule has 0 radical (unpaired) electrons. The molecule has 5 rings (SSSR count). The molecule has 3 aromatic heterocycles. The van der Waals surface area contributed by atoms with Gasteiger partial charge < -0.3 is 10.1 Å². The number of rotatable bonds is 2. The van der Waals surface area contributed by atoms with E-state index in [2.05, 4.69) is 19.9 Å². The van der Waals surface area contributed by atoms with Crippen LogP contribution in [-0.2, 0) is 0 Å². The van der Waals surface area contributed by atoms with Crippen molar-refractivity contribution in [2.24, 2.45) is 0 Å². The molecule has 0 amide bonds. The molecule has 0 unspecified atom stereocenters. The molecule has 4 aromatic rings. The predicted octanol–water partition coefficient (Wildman–Crippen LogP) is 2.07. The molecule has 1 aliphatic carbocycles. The molecule has 8 nitrogen and oxygen atoms in total. The first-order valence-corrected chi connectivity index (χ1v) is 8.88. The van der Waals surface area contributed by atoms with E-state index in [0.29, 0.717) is 53.8 Å². The summed E-state index contributed by atoms with van der Waals surface area (Å²) in [6.07, 6.45) is 5.54. The molecule has 1 saturated carbocycles. The Hall–Kier alpha value is -3.07. The number of H-pyrrole nitrogens is 1. The number of fused-ring (bicyclic) bond motifs is 2. The van der Waals surface area contributed by atoms with Crippen molar-refractivity contribution in [3.8, 4) is 5.95 Å². The van der Waals surface area contributed by atoms with Crippen LogP contribution in [0.2, 0.25) is 0 Å². The number of aliphatic hydroxyl groups excluding tert-OH is 1. The van der Waals surface area contributed by atoms with E-state index in [1.54, 1.807) is 21.4 Å². The summed E-state index contributed by atoms with van der Waals surface area (Å²) >= 11 is 0. The molecule has 0 spiro atoms. The standard InChI is InChI=1S/C18H17FN6O2/c19-10-1-6-13-15(7-10)24(9-21-13)17-20-8-14-16(23-17)25(18(27)22-14)11-2-4-12(26)5-3-11/h1,6-9,11-12,26H,2-5H2,(H,22,27)/t11-,12-. The van der Waals surface area contributed by atoms with Crippen LogP contribution in [0, 0.1) is 5.82 Å². The monoisotopic (exact) mass is 368 g/mol. The Morgan fingerprint density at radius 1 is 1.19 bits per heavy atom. The molecular weight excluding hydrogens is 351 g/mol. The summed E-state index contributed by atoms with van der Waals surface area (Å²) in [6, 6.07) is 4.31. The lowest BCUT2D eigenvalue weighted by Gasteiger charge is -2.25. The second kappa shape index (κ2) is 5.98. The lowest BCUT2D eigenvalue weighted by Crippen LogP contribution is -2.28. The Morgan fingerprint density at radius 2 is 2.00 bits per heavy atom. The summed E-state index contributed by atoms with van der Waals surface area (Å²) in [6.45, 7) is 0. The number of hydrogen-bond acceptors (Lipinski definition) is 5. The molecule has 1 aromatic carbocycles. The molecule has 0 atom stereocenters. The minimum absolute atomic E-state index is 0.0191. The predicted molar refractivity (Wildman–Crippen MR) is 96.2 cm³/mol. The maximum absolute atomic E-state index is 13.7. The van der Waals surface area contributed by atoms with E-state index in [4.69, 9.17) is 0 Å². The van der Waals surface area contributed by atoms with Gasteiger partial charge in [0.15, 0.2) is 5.65 Å². The van der Waals surface area contributed by atoms with Crippen LogP contribution in [0.1, 0.15) is 31.7 Å².